The summed E-state index contributed by atoms with van der Waals surface area (Å²) in [5.41, 5.74) is 2.77. The minimum atomic E-state index is -0.220. The number of halogens is 1. The van der Waals surface area contributed by atoms with Crippen molar-refractivity contribution < 1.29 is 14.3 Å². The van der Waals surface area contributed by atoms with Gasteiger partial charge in [0.05, 0.1) is 18.1 Å². The van der Waals surface area contributed by atoms with Crippen LogP contribution in [0.2, 0.25) is 5.02 Å². The van der Waals surface area contributed by atoms with Gasteiger partial charge in [0.25, 0.3) is 5.91 Å². The lowest BCUT2D eigenvalue weighted by molar-refractivity contribution is 0.0946. The number of ether oxygens (including phenoxy) is 2. The number of nitrogens with zero attached hydrogens (tertiary/aromatic N) is 4. The lowest BCUT2D eigenvalue weighted by atomic mass is 10.2. The Morgan fingerprint density at radius 3 is 2.63 bits per heavy atom. The first kappa shape index (κ1) is 25.8. The number of benzene rings is 2. The zero-order chi connectivity index (χ0) is 26.5. The molecule has 38 heavy (non-hydrogen) atoms. The number of aryl methyl sites for hydroxylation is 1. The second-order valence-electron chi connectivity index (χ2n) is 9.26. The van der Waals surface area contributed by atoms with E-state index in [-0.39, 0.29) is 5.91 Å². The van der Waals surface area contributed by atoms with Crippen LogP contribution in [0, 0.1) is 0 Å². The molecule has 4 aromatic rings. The van der Waals surface area contributed by atoms with Gasteiger partial charge in [0, 0.05) is 48.7 Å². The van der Waals surface area contributed by atoms with Crippen molar-refractivity contribution in [2.45, 2.75) is 19.3 Å². The minimum absolute atomic E-state index is 0.220. The third kappa shape index (κ3) is 6.00. The number of likely N-dealkylation sites (tertiary alicyclic amines) is 1. The van der Waals surface area contributed by atoms with Crippen LogP contribution in [-0.2, 0) is 7.05 Å². The molecule has 0 unspecified atom stereocenters. The van der Waals surface area contributed by atoms with Gasteiger partial charge < -0.3 is 29.6 Å². The zero-order valence-corrected chi connectivity index (χ0v) is 22.3. The van der Waals surface area contributed by atoms with Gasteiger partial charge in [0.2, 0.25) is 5.95 Å². The van der Waals surface area contributed by atoms with Crippen molar-refractivity contribution in [2.24, 2.45) is 7.05 Å². The van der Waals surface area contributed by atoms with Gasteiger partial charge in [-0.05, 0) is 69.2 Å². The van der Waals surface area contributed by atoms with Crippen molar-refractivity contribution in [2.75, 3.05) is 38.6 Å². The Labute approximate surface area is 226 Å². The molecule has 9 nitrogen and oxygen atoms in total. The fourth-order valence-corrected chi connectivity index (χ4v) is 4.67. The van der Waals surface area contributed by atoms with Crippen LogP contribution < -0.4 is 20.1 Å². The molecule has 0 spiro atoms. The Hall–Kier alpha value is -3.82. The first-order valence-corrected chi connectivity index (χ1v) is 13.1. The normalized spacial score (nSPS) is 13.6. The van der Waals surface area contributed by atoms with E-state index in [0.717, 1.165) is 42.8 Å². The first-order chi connectivity index (χ1) is 18.5. The lowest BCUT2D eigenvalue weighted by Crippen LogP contribution is -2.29. The molecule has 0 radical (unpaired) electrons. The van der Waals surface area contributed by atoms with Crippen molar-refractivity contribution in [3.05, 3.63) is 65.4 Å². The van der Waals surface area contributed by atoms with Crippen molar-refractivity contribution in [3.8, 4) is 17.2 Å². The van der Waals surface area contributed by atoms with Gasteiger partial charge in [-0.3, -0.25) is 9.78 Å². The number of carbonyl (C=O) groups excluding carboxylic acids is 1. The minimum Gasteiger partial charge on any atom is -0.493 e. The highest BCUT2D eigenvalue weighted by Crippen LogP contribution is 2.36. The molecule has 1 amide bonds. The van der Waals surface area contributed by atoms with Gasteiger partial charge in [0.15, 0.2) is 11.5 Å². The number of imidazole rings is 1. The highest BCUT2D eigenvalue weighted by Gasteiger charge is 2.16. The summed E-state index contributed by atoms with van der Waals surface area (Å²) < 4.78 is 13.7. The first-order valence-electron chi connectivity index (χ1n) is 12.7. The highest BCUT2D eigenvalue weighted by molar-refractivity contribution is 6.30. The predicted octanol–water partition coefficient (Wildman–Crippen LogP) is 5.38. The molecule has 3 heterocycles. The third-order valence-corrected chi connectivity index (χ3v) is 6.85. The van der Waals surface area contributed by atoms with E-state index in [1.54, 1.807) is 25.4 Å². The summed E-state index contributed by atoms with van der Waals surface area (Å²) in [6.45, 7) is 3.92. The van der Waals surface area contributed by atoms with E-state index < -0.39 is 0 Å². The SMILES string of the molecule is COc1cc2c(cc1Oc1ccnc(C(=O)NCCCN3CCCC3)c1)nc(Nc1ccc(Cl)cc1)n2C. The number of methoxy groups -OCH3 is 1. The highest BCUT2D eigenvalue weighted by atomic mass is 35.5. The fraction of sp³-hybridized carbons (Fsp3) is 0.321. The number of amides is 1. The molecule has 0 aliphatic carbocycles. The number of anilines is 2. The maximum absolute atomic E-state index is 12.7. The number of aromatic nitrogens is 3. The summed E-state index contributed by atoms with van der Waals surface area (Å²) in [6, 6.07) is 14.5. The Kier molecular flexibility index (Phi) is 7.95. The molecule has 0 bridgehead atoms. The zero-order valence-electron chi connectivity index (χ0n) is 21.5. The monoisotopic (exact) mass is 534 g/mol. The topological polar surface area (TPSA) is 93.5 Å². The Bertz CT molecular complexity index is 1420. The van der Waals surface area contributed by atoms with Gasteiger partial charge in [-0.2, -0.15) is 0 Å². The molecule has 5 rings (SSSR count). The van der Waals surface area contributed by atoms with Gasteiger partial charge in [-0.15, -0.1) is 0 Å². The van der Waals surface area contributed by atoms with E-state index in [0.29, 0.717) is 40.5 Å². The molecule has 0 saturated carbocycles. The number of hydrogen-bond acceptors (Lipinski definition) is 7. The molecule has 2 N–H and O–H groups in total. The van der Waals surface area contributed by atoms with Crippen molar-refractivity contribution >= 4 is 40.2 Å². The number of pyridine rings is 1. The summed E-state index contributed by atoms with van der Waals surface area (Å²) in [5, 5.41) is 6.93. The van der Waals surface area contributed by atoms with Gasteiger partial charge in [0.1, 0.15) is 11.4 Å². The average molecular weight is 535 g/mol. The number of rotatable bonds is 10. The molecule has 10 heteroatoms. The number of nitrogens with one attached hydrogen (secondary N) is 2. The molecule has 1 saturated heterocycles. The van der Waals surface area contributed by atoms with E-state index in [1.165, 1.54) is 12.8 Å². The van der Waals surface area contributed by atoms with Crippen LogP contribution in [-0.4, -0.2) is 58.6 Å². The third-order valence-electron chi connectivity index (χ3n) is 6.59. The quantitative estimate of drug-likeness (QED) is 0.264. The molecule has 2 aromatic carbocycles. The van der Waals surface area contributed by atoms with Crippen LogP contribution in [0.3, 0.4) is 0 Å². The smallest absolute Gasteiger partial charge is 0.270 e. The molecule has 0 atom stereocenters. The standard InChI is InChI=1S/C28H31ClN6O3/c1-34-24-18-25(37-2)26(17-22(24)33-28(34)32-20-8-6-19(29)7-9-20)38-21-10-12-30-23(16-21)27(36)31-11-5-15-35-13-3-4-14-35/h6-10,12,16-18H,3-5,11,13-15H2,1-2H3,(H,31,36)(H,32,33). The lowest BCUT2D eigenvalue weighted by Gasteiger charge is -2.14. The maximum Gasteiger partial charge on any atom is 0.270 e. The van der Waals surface area contributed by atoms with Crippen molar-refractivity contribution in [1.29, 1.82) is 0 Å². The van der Waals surface area contributed by atoms with Crippen LogP contribution in [0.15, 0.2) is 54.7 Å². The molecule has 1 fully saturated rings. The second kappa shape index (κ2) is 11.7. The van der Waals surface area contributed by atoms with Gasteiger partial charge in [-0.1, -0.05) is 11.6 Å². The van der Waals surface area contributed by atoms with Crippen molar-refractivity contribution in [1.82, 2.24) is 24.8 Å². The number of carbonyl (C=O) groups is 1. The molecule has 1 aliphatic heterocycles. The number of fused-ring (bicyclic) bond motifs is 1. The van der Waals surface area contributed by atoms with E-state index in [1.807, 2.05) is 48.0 Å². The molecule has 1 aliphatic rings. The van der Waals surface area contributed by atoms with Crippen LogP contribution in [0.5, 0.6) is 17.2 Å². The second-order valence-corrected chi connectivity index (χ2v) is 9.69. The van der Waals surface area contributed by atoms with Crippen LogP contribution in [0.1, 0.15) is 29.8 Å². The number of hydrogen-bond donors (Lipinski definition) is 2. The largest absolute Gasteiger partial charge is 0.493 e. The summed E-state index contributed by atoms with van der Waals surface area (Å²) in [4.78, 5) is 24.0. The van der Waals surface area contributed by atoms with Crippen LogP contribution in [0.25, 0.3) is 11.0 Å². The summed E-state index contributed by atoms with van der Waals surface area (Å²) in [6.07, 6.45) is 5.01. The molecule has 198 valence electrons. The van der Waals surface area contributed by atoms with E-state index in [2.05, 4.69) is 20.5 Å². The molecular formula is C28H31ClN6O3. The maximum atomic E-state index is 12.7. The Morgan fingerprint density at radius 2 is 1.87 bits per heavy atom. The summed E-state index contributed by atoms with van der Waals surface area (Å²) >= 11 is 6.00. The Morgan fingerprint density at radius 1 is 1.08 bits per heavy atom. The van der Waals surface area contributed by atoms with E-state index >= 15 is 0 Å². The summed E-state index contributed by atoms with van der Waals surface area (Å²) in [7, 11) is 3.51. The molecule has 2 aromatic heterocycles. The van der Waals surface area contributed by atoms with Gasteiger partial charge >= 0.3 is 0 Å². The van der Waals surface area contributed by atoms with Crippen LogP contribution >= 0.6 is 11.6 Å². The Balaban J connectivity index is 1.29. The molecular weight excluding hydrogens is 504 g/mol. The van der Waals surface area contributed by atoms with Crippen molar-refractivity contribution in [3.63, 3.8) is 0 Å². The van der Waals surface area contributed by atoms with Gasteiger partial charge in [-0.25, -0.2) is 4.98 Å². The van der Waals surface area contributed by atoms with E-state index in [4.69, 9.17) is 26.1 Å². The summed E-state index contributed by atoms with van der Waals surface area (Å²) in [5.74, 6) is 1.95. The van der Waals surface area contributed by atoms with E-state index in [9.17, 15) is 4.79 Å². The fourth-order valence-electron chi connectivity index (χ4n) is 4.54. The average Bonchev–Trinajstić information content (AvgIpc) is 3.55. The predicted molar refractivity (Wildman–Crippen MR) is 149 cm³/mol. The van der Waals surface area contributed by atoms with Crippen LogP contribution in [0.4, 0.5) is 11.6 Å².